The standard InChI is InChI=1S/C9H6Cl2N2S/c1-5-2-3-6(4-7(5)10)8-9(11)13-14-12-8/h2-4H,1H3. The second-order valence-corrected chi connectivity index (χ2v) is 4.16. The van der Waals surface area contributed by atoms with Crippen LogP contribution in [0.1, 0.15) is 5.56 Å². The average molecular weight is 245 g/mol. The third-order valence-corrected chi connectivity index (χ3v) is 3.19. The molecule has 0 atom stereocenters. The van der Waals surface area contributed by atoms with Gasteiger partial charge in [-0.2, -0.15) is 8.75 Å². The zero-order valence-corrected chi connectivity index (χ0v) is 9.62. The average Bonchev–Trinajstić information content (AvgIpc) is 2.57. The third-order valence-electron chi connectivity index (χ3n) is 1.89. The van der Waals surface area contributed by atoms with E-state index >= 15 is 0 Å². The van der Waals surface area contributed by atoms with Crippen LogP contribution in [0.15, 0.2) is 18.2 Å². The van der Waals surface area contributed by atoms with Gasteiger partial charge in [-0.15, -0.1) is 0 Å². The number of rotatable bonds is 1. The molecule has 2 aromatic rings. The Morgan fingerprint density at radius 3 is 2.57 bits per heavy atom. The Morgan fingerprint density at radius 1 is 1.21 bits per heavy atom. The van der Waals surface area contributed by atoms with Crippen molar-refractivity contribution >= 4 is 34.9 Å². The predicted octanol–water partition coefficient (Wildman–Crippen LogP) is 3.82. The summed E-state index contributed by atoms with van der Waals surface area (Å²) in [5, 5.41) is 1.14. The molecule has 0 saturated carbocycles. The van der Waals surface area contributed by atoms with E-state index in [0.29, 0.717) is 15.9 Å². The molecule has 0 saturated heterocycles. The van der Waals surface area contributed by atoms with Crippen LogP contribution in [-0.2, 0) is 0 Å². The molecule has 72 valence electrons. The summed E-state index contributed by atoms with van der Waals surface area (Å²) in [5.41, 5.74) is 2.63. The van der Waals surface area contributed by atoms with Crippen molar-refractivity contribution in [1.82, 2.24) is 8.75 Å². The number of aryl methyl sites for hydroxylation is 1. The molecule has 1 heterocycles. The normalized spacial score (nSPS) is 10.5. The van der Waals surface area contributed by atoms with Crippen molar-refractivity contribution in [2.45, 2.75) is 6.92 Å². The van der Waals surface area contributed by atoms with E-state index in [9.17, 15) is 0 Å². The van der Waals surface area contributed by atoms with Gasteiger partial charge in [0, 0.05) is 10.6 Å². The van der Waals surface area contributed by atoms with Crippen LogP contribution in [0.4, 0.5) is 0 Å². The Morgan fingerprint density at radius 2 is 2.00 bits per heavy atom. The molecule has 5 heteroatoms. The summed E-state index contributed by atoms with van der Waals surface area (Å²) in [4.78, 5) is 0. The molecular weight excluding hydrogens is 239 g/mol. The SMILES string of the molecule is Cc1ccc(-c2nsnc2Cl)cc1Cl. The highest BCUT2D eigenvalue weighted by molar-refractivity contribution is 6.99. The Labute approximate surface area is 95.8 Å². The van der Waals surface area contributed by atoms with Gasteiger partial charge in [-0.05, 0) is 18.6 Å². The summed E-state index contributed by atoms with van der Waals surface area (Å²) in [5.74, 6) is 0. The largest absolute Gasteiger partial charge is 0.171 e. The van der Waals surface area contributed by atoms with Crippen LogP contribution in [0, 0.1) is 6.92 Å². The quantitative estimate of drug-likeness (QED) is 0.763. The Bertz CT molecular complexity index is 468. The highest BCUT2D eigenvalue weighted by Crippen LogP contribution is 2.28. The number of aromatic nitrogens is 2. The molecule has 2 rings (SSSR count). The zero-order chi connectivity index (χ0) is 10.1. The van der Waals surface area contributed by atoms with E-state index < -0.39 is 0 Å². The van der Waals surface area contributed by atoms with Gasteiger partial charge in [-0.1, -0.05) is 35.3 Å². The fourth-order valence-electron chi connectivity index (χ4n) is 1.09. The van der Waals surface area contributed by atoms with Gasteiger partial charge in [0.05, 0.1) is 11.7 Å². The topological polar surface area (TPSA) is 25.8 Å². The summed E-state index contributed by atoms with van der Waals surface area (Å²) >= 11 is 13.0. The number of hydrogen-bond donors (Lipinski definition) is 0. The maximum atomic E-state index is 6.00. The van der Waals surface area contributed by atoms with Crippen molar-refractivity contribution in [3.05, 3.63) is 33.9 Å². The van der Waals surface area contributed by atoms with E-state index in [1.165, 1.54) is 0 Å². The molecule has 14 heavy (non-hydrogen) atoms. The van der Waals surface area contributed by atoms with Gasteiger partial charge in [-0.25, -0.2) is 0 Å². The van der Waals surface area contributed by atoms with Crippen molar-refractivity contribution in [2.75, 3.05) is 0 Å². The van der Waals surface area contributed by atoms with Gasteiger partial charge in [0.1, 0.15) is 5.69 Å². The summed E-state index contributed by atoms with van der Waals surface area (Å²) in [6.45, 7) is 1.95. The Balaban J connectivity index is 2.53. The fraction of sp³-hybridized carbons (Fsp3) is 0.111. The summed E-state index contributed by atoms with van der Waals surface area (Å²) in [6.07, 6.45) is 0. The van der Waals surface area contributed by atoms with Crippen molar-refractivity contribution in [3.63, 3.8) is 0 Å². The predicted molar refractivity (Wildman–Crippen MR) is 60.1 cm³/mol. The second-order valence-electron chi connectivity index (χ2n) is 2.87. The molecule has 0 spiro atoms. The molecule has 0 bridgehead atoms. The Hall–Kier alpha value is -0.640. The van der Waals surface area contributed by atoms with Crippen molar-refractivity contribution in [3.8, 4) is 11.3 Å². The molecule has 0 unspecified atom stereocenters. The van der Waals surface area contributed by atoms with Crippen LogP contribution in [0.5, 0.6) is 0 Å². The fourth-order valence-corrected chi connectivity index (χ4v) is 2.04. The van der Waals surface area contributed by atoms with E-state index in [0.717, 1.165) is 22.9 Å². The molecule has 0 fully saturated rings. The van der Waals surface area contributed by atoms with Crippen molar-refractivity contribution < 1.29 is 0 Å². The van der Waals surface area contributed by atoms with Crippen molar-refractivity contribution in [1.29, 1.82) is 0 Å². The van der Waals surface area contributed by atoms with Crippen LogP contribution < -0.4 is 0 Å². The first kappa shape index (κ1) is 9.90. The van der Waals surface area contributed by atoms with E-state index in [1.54, 1.807) is 0 Å². The highest BCUT2D eigenvalue weighted by atomic mass is 35.5. The van der Waals surface area contributed by atoms with Crippen molar-refractivity contribution in [2.24, 2.45) is 0 Å². The van der Waals surface area contributed by atoms with E-state index in [4.69, 9.17) is 23.2 Å². The minimum absolute atomic E-state index is 0.426. The molecule has 1 aromatic carbocycles. The van der Waals surface area contributed by atoms with Gasteiger partial charge in [0.15, 0.2) is 5.15 Å². The van der Waals surface area contributed by atoms with E-state index in [-0.39, 0.29) is 0 Å². The monoisotopic (exact) mass is 244 g/mol. The molecule has 1 aromatic heterocycles. The molecule has 0 aliphatic carbocycles. The lowest BCUT2D eigenvalue weighted by Crippen LogP contribution is -1.81. The maximum absolute atomic E-state index is 6.00. The van der Waals surface area contributed by atoms with Gasteiger partial charge in [-0.3, -0.25) is 0 Å². The van der Waals surface area contributed by atoms with Crippen LogP contribution in [0.25, 0.3) is 11.3 Å². The number of benzene rings is 1. The lowest BCUT2D eigenvalue weighted by Gasteiger charge is -2.00. The molecule has 0 N–H and O–H groups in total. The lowest BCUT2D eigenvalue weighted by atomic mass is 10.1. The van der Waals surface area contributed by atoms with Crippen LogP contribution in [0.3, 0.4) is 0 Å². The third kappa shape index (κ3) is 1.75. The lowest BCUT2D eigenvalue weighted by molar-refractivity contribution is 1.44. The minimum atomic E-state index is 0.426. The molecule has 0 radical (unpaired) electrons. The summed E-state index contributed by atoms with van der Waals surface area (Å²) in [6, 6.07) is 5.72. The van der Waals surface area contributed by atoms with E-state index in [2.05, 4.69) is 8.75 Å². The number of hydrogen-bond acceptors (Lipinski definition) is 3. The molecule has 0 aliphatic heterocycles. The first-order valence-electron chi connectivity index (χ1n) is 3.93. The van der Waals surface area contributed by atoms with Gasteiger partial charge in [0.2, 0.25) is 0 Å². The summed E-state index contributed by atoms with van der Waals surface area (Å²) in [7, 11) is 0. The zero-order valence-electron chi connectivity index (χ0n) is 7.29. The van der Waals surface area contributed by atoms with Gasteiger partial charge < -0.3 is 0 Å². The first-order valence-corrected chi connectivity index (χ1v) is 5.41. The smallest absolute Gasteiger partial charge is 0.170 e. The first-order chi connectivity index (χ1) is 6.68. The molecular formula is C9H6Cl2N2S. The molecule has 2 nitrogen and oxygen atoms in total. The van der Waals surface area contributed by atoms with Gasteiger partial charge in [0.25, 0.3) is 0 Å². The van der Waals surface area contributed by atoms with Gasteiger partial charge >= 0.3 is 0 Å². The van der Waals surface area contributed by atoms with Crippen LogP contribution in [0.2, 0.25) is 10.2 Å². The second kappa shape index (κ2) is 3.85. The summed E-state index contributed by atoms with van der Waals surface area (Å²) < 4.78 is 7.99. The Kier molecular flexibility index (Phi) is 2.72. The molecule has 0 aliphatic rings. The highest BCUT2D eigenvalue weighted by Gasteiger charge is 2.08. The number of halogens is 2. The minimum Gasteiger partial charge on any atom is -0.171 e. The van der Waals surface area contributed by atoms with Crippen LogP contribution >= 0.6 is 34.9 Å². The molecule has 0 amide bonds. The maximum Gasteiger partial charge on any atom is 0.170 e. The van der Waals surface area contributed by atoms with Crippen LogP contribution in [-0.4, -0.2) is 8.75 Å². The number of nitrogens with zero attached hydrogens (tertiary/aromatic N) is 2. The van der Waals surface area contributed by atoms with E-state index in [1.807, 2.05) is 25.1 Å².